The maximum atomic E-state index is 11.8. The number of aromatic hydroxyl groups is 1. The van der Waals surface area contributed by atoms with E-state index < -0.39 is 0 Å². The van der Waals surface area contributed by atoms with Crippen LogP contribution in [0.1, 0.15) is 12.5 Å². The Balaban J connectivity index is 2.76. The Kier molecular flexibility index (Phi) is 2.56. The lowest BCUT2D eigenvalue weighted by Crippen LogP contribution is -2.05. The van der Waals surface area contributed by atoms with Crippen LogP contribution in [0.3, 0.4) is 0 Å². The highest BCUT2D eigenvalue weighted by Gasteiger charge is 2.10. The zero-order chi connectivity index (χ0) is 11.7. The number of benzene rings is 1. The van der Waals surface area contributed by atoms with Crippen molar-refractivity contribution in [1.82, 2.24) is 0 Å². The number of phenols is 1. The largest absolute Gasteiger partial charge is 0.507 e. The Morgan fingerprint density at radius 2 is 2.19 bits per heavy atom. The first-order valence-corrected chi connectivity index (χ1v) is 5.01. The quantitative estimate of drug-likeness (QED) is 0.842. The first-order valence-electron chi connectivity index (χ1n) is 5.01. The maximum Gasteiger partial charge on any atom is 0.199 e. The Morgan fingerprint density at radius 3 is 2.88 bits per heavy atom. The van der Waals surface area contributed by atoms with Gasteiger partial charge in [0.1, 0.15) is 22.5 Å². The van der Waals surface area contributed by atoms with Crippen molar-refractivity contribution in [2.75, 3.05) is 6.61 Å². The highest BCUT2D eigenvalue weighted by molar-refractivity contribution is 5.84. The number of phenolic OH excluding ortho intramolecular Hbond substituents is 1. The fraction of sp³-hybridized carbons (Fsp3) is 0.250. The van der Waals surface area contributed by atoms with Gasteiger partial charge in [-0.25, -0.2) is 0 Å². The minimum atomic E-state index is -0.221. The van der Waals surface area contributed by atoms with Crippen LogP contribution in [0.2, 0.25) is 0 Å². The van der Waals surface area contributed by atoms with Crippen LogP contribution >= 0.6 is 0 Å². The van der Waals surface area contributed by atoms with Crippen LogP contribution in [0, 0.1) is 6.92 Å². The minimum absolute atomic E-state index is 0.113. The van der Waals surface area contributed by atoms with E-state index in [1.54, 1.807) is 13.0 Å². The molecule has 1 heterocycles. The molecule has 0 amide bonds. The number of ether oxygens (including phenoxy) is 1. The lowest BCUT2D eigenvalue weighted by atomic mass is 10.1. The first kappa shape index (κ1) is 10.5. The average molecular weight is 220 g/mol. The van der Waals surface area contributed by atoms with Crippen molar-refractivity contribution in [3.05, 3.63) is 34.2 Å². The van der Waals surface area contributed by atoms with Crippen LogP contribution < -0.4 is 10.2 Å². The van der Waals surface area contributed by atoms with E-state index in [1.807, 2.05) is 6.92 Å². The van der Waals surface area contributed by atoms with Crippen LogP contribution in [0.4, 0.5) is 0 Å². The number of fused-ring (bicyclic) bond motifs is 1. The van der Waals surface area contributed by atoms with E-state index in [0.717, 1.165) is 0 Å². The van der Waals surface area contributed by atoms with E-state index in [2.05, 4.69) is 0 Å². The molecule has 0 saturated carbocycles. The van der Waals surface area contributed by atoms with Crippen LogP contribution in [0.5, 0.6) is 11.5 Å². The number of aryl methyl sites for hydroxylation is 1. The van der Waals surface area contributed by atoms with Crippen molar-refractivity contribution in [2.24, 2.45) is 0 Å². The summed E-state index contributed by atoms with van der Waals surface area (Å²) in [4.78, 5) is 11.8. The summed E-state index contributed by atoms with van der Waals surface area (Å²) < 4.78 is 10.5. The molecule has 0 aliphatic carbocycles. The number of rotatable bonds is 2. The molecule has 0 radical (unpaired) electrons. The summed E-state index contributed by atoms with van der Waals surface area (Å²) in [6.07, 6.45) is 1.37. The van der Waals surface area contributed by atoms with Gasteiger partial charge in [0.2, 0.25) is 0 Å². The predicted octanol–water partition coefficient (Wildman–Crippen LogP) is 2.21. The number of hydrogen-bond donors (Lipinski definition) is 1. The van der Waals surface area contributed by atoms with Crippen molar-refractivity contribution in [3.8, 4) is 11.5 Å². The van der Waals surface area contributed by atoms with Crippen molar-refractivity contribution >= 4 is 11.0 Å². The summed E-state index contributed by atoms with van der Waals surface area (Å²) >= 11 is 0. The van der Waals surface area contributed by atoms with E-state index in [-0.39, 0.29) is 16.6 Å². The first-order chi connectivity index (χ1) is 7.63. The summed E-state index contributed by atoms with van der Waals surface area (Å²) in [7, 11) is 0. The zero-order valence-electron chi connectivity index (χ0n) is 9.11. The molecule has 0 bridgehead atoms. The Hall–Kier alpha value is -1.97. The Labute approximate surface area is 92.1 Å². The lowest BCUT2D eigenvalue weighted by molar-refractivity contribution is 0.338. The molecule has 1 N–H and O–H groups in total. The van der Waals surface area contributed by atoms with Gasteiger partial charge in [-0.15, -0.1) is 0 Å². The van der Waals surface area contributed by atoms with Gasteiger partial charge in [-0.05, 0) is 13.8 Å². The molecule has 0 atom stereocenters. The molecular weight excluding hydrogens is 208 g/mol. The van der Waals surface area contributed by atoms with Crippen molar-refractivity contribution < 1.29 is 14.3 Å². The molecule has 0 aliphatic heterocycles. The smallest absolute Gasteiger partial charge is 0.199 e. The monoisotopic (exact) mass is 220 g/mol. The summed E-state index contributed by atoms with van der Waals surface area (Å²) in [6, 6.07) is 3.02. The molecule has 0 fully saturated rings. The van der Waals surface area contributed by atoms with Crippen LogP contribution in [0.25, 0.3) is 11.0 Å². The van der Waals surface area contributed by atoms with Crippen molar-refractivity contribution in [2.45, 2.75) is 13.8 Å². The molecule has 2 rings (SSSR count). The molecule has 0 saturated heterocycles. The van der Waals surface area contributed by atoms with Gasteiger partial charge < -0.3 is 14.3 Å². The molecule has 0 unspecified atom stereocenters. The van der Waals surface area contributed by atoms with Gasteiger partial charge in [0.15, 0.2) is 5.43 Å². The molecule has 2 aromatic rings. The summed E-state index contributed by atoms with van der Waals surface area (Å²) in [5, 5.41) is 9.94. The number of hydrogen-bond acceptors (Lipinski definition) is 4. The minimum Gasteiger partial charge on any atom is -0.507 e. The van der Waals surface area contributed by atoms with Crippen LogP contribution in [0.15, 0.2) is 27.6 Å². The van der Waals surface area contributed by atoms with Crippen LogP contribution in [-0.4, -0.2) is 11.7 Å². The Bertz CT molecular complexity index is 583. The molecule has 0 aliphatic rings. The van der Waals surface area contributed by atoms with Crippen molar-refractivity contribution in [1.29, 1.82) is 0 Å². The Morgan fingerprint density at radius 1 is 1.44 bits per heavy atom. The third kappa shape index (κ3) is 1.62. The van der Waals surface area contributed by atoms with Gasteiger partial charge >= 0.3 is 0 Å². The molecule has 1 aromatic carbocycles. The second-order valence-corrected chi connectivity index (χ2v) is 3.50. The highest BCUT2D eigenvalue weighted by Crippen LogP contribution is 2.28. The van der Waals surface area contributed by atoms with Gasteiger partial charge in [-0.1, -0.05) is 0 Å². The van der Waals surface area contributed by atoms with Gasteiger partial charge in [-0.3, -0.25) is 4.79 Å². The molecule has 16 heavy (non-hydrogen) atoms. The van der Waals surface area contributed by atoms with E-state index in [0.29, 0.717) is 23.5 Å². The summed E-state index contributed by atoms with van der Waals surface area (Å²) in [5.74, 6) is 0.373. The third-order valence-electron chi connectivity index (χ3n) is 2.31. The molecule has 4 heteroatoms. The molecule has 0 spiro atoms. The second kappa shape index (κ2) is 3.89. The maximum absolute atomic E-state index is 11.8. The van der Waals surface area contributed by atoms with Gasteiger partial charge in [0.25, 0.3) is 0 Å². The third-order valence-corrected chi connectivity index (χ3v) is 2.31. The highest BCUT2D eigenvalue weighted by atomic mass is 16.5. The van der Waals surface area contributed by atoms with Gasteiger partial charge in [-0.2, -0.15) is 0 Å². The fourth-order valence-electron chi connectivity index (χ4n) is 1.55. The predicted molar refractivity (Wildman–Crippen MR) is 60.1 cm³/mol. The summed E-state index contributed by atoms with van der Waals surface area (Å²) in [5.41, 5.74) is 0.577. The fourth-order valence-corrected chi connectivity index (χ4v) is 1.55. The second-order valence-electron chi connectivity index (χ2n) is 3.50. The van der Waals surface area contributed by atoms with E-state index in [1.165, 1.54) is 12.3 Å². The zero-order valence-corrected chi connectivity index (χ0v) is 9.11. The molecule has 4 nitrogen and oxygen atoms in total. The normalized spacial score (nSPS) is 10.6. The SMILES string of the molecule is CCOc1cc(O)c2c(=O)c(C)coc2c1. The summed E-state index contributed by atoms with van der Waals surface area (Å²) in [6.45, 7) is 3.97. The molecule has 84 valence electrons. The van der Waals surface area contributed by atoms with E-state index >= 15 is 0 Å². The topological polar surface area (TPSA) is 59.7 Å². The van der Waals surface area contributed by atoms with Crippen molar-refractivity contribution in [3.63, 3.8) is 0 Å². The van der Waals surface area contributed by atoms with Crippen LogP contribution in [-0.2, 0) is 0 Å². The van der Waals surface area contributed by atoms with Gasteiger partial charge in [0.05, 0.1) is 12.9 Å². The lowest BCUT2D eigenvalue weighted by Gasteiger charge is -2.06. The van der Waals surface area contributed by atoms with E-state index in [4.69, 9.17) is 9.15 Å². The molecular formula is C12H12O4. The standard InChI is InChI=1S/C12H12O4/c1-3-15-8-4-9(13)11-10(5-8)16-6-7(2)12(11)14/h4-6,13H,3H2,1-2H3. The van der Waals surface area contributed by atoms with E-state index in [9.17, 15) is 9.90 Å². The molecule has 1 aromatic heterocycles. The van der Waals surface area contributed by atoms with Gasteiger partial charge in [0, 0.05) is 17.7 Å². The average Bonchev–Trinajstić information content (AvgIpc) is 2.23.